The van der Waals surface area contributed by atoms with Gasteiger partial charge in [-0.3, -0.25) is 0 Å². The Labute approximate surface area is 108 Å². The molecule has 0 atom stereocenters. The molecule has 0 spiro atoms. The summed E-state index contributed by atoms with van der Waals surface area (Å²) in [6.45, 7) is 1.79. The molecule has 0 saturated heterocycles. The Balaban J connectivity index is 2.03. The lowest BCUT2D eigenvalue weighted by atomic mass is 10.3. The molecular formula is C12H10N6O. The summed E-state index contributed by atoms with van der Waals surface area (Å²) in [7, 11) is 0. The summed E-state index contributed by atoms with van der Waals surface area (Å²) in [5.74, 6) is 1.29. The Morgan fingerprint density at radius 2 is 2.00 bits per heavy atom. The maximum atomic E-state index is 5.81. The number of hydrogen-bond donors (Lipinski definition) is 1. The first-order chi connectivity index (χ1) is 9.24. The van der Waals surface area contributed by atoms with Crippen LogP contribution < -0.4 is 5.73 Å². The number of aryl methyl sites for hydroxylation is 1. The van der Waals surface area contributed by atoms with E-state index < -0.39 is 0 Å². The van der Waals surface area contributed by atoms with Gasteiger partial charge in [0.2, 0.25) is 5.82 Å². The lowest BCUT2D eigenvalue weighted by Crippen LogP contribution is -1.93. The minimum absolute atomic E-state index is 0.268. The molecule has 0 saturated carbocycles. The Kier molecular flexibility index (Phi) is 2.64. The SMILES string of the molecule is Cc1nccc(-c2noc(-c3ncccc3N)n2)n1. The van der Waals surface area contributed by atoms with Crippen molar-refractivity contribution in [2.24, 2.45) is 0 Å². The molecule has 0 aliphatic heterocycles. The van der Waals surface area contributed by atoms with Gasteiger partial charge in [0.15, 0.2) is 5.69 Å². The lowest BCUT2D eigenvalue weighted by molar-refractivity contribution is 0.431. The van der Waals surface area contributed by atoms with Crippen molar-refractivity contribution in [3.8, 4) is 23.1 Å². The number of nitrogens with two attached hydrogens (primary N) is 1. The molecule has 3 aromatic heterocycles. The van der Waals surface area contributed by atoms with Crippen molar-refractivity contribution in [1.29, 1.82) is 0 Å². The van der Waals surface area contributed by atoms with Crippen LogP contribution in [0.25, 0.3) is 23.1 Å². The standard InChI is InChI=1S/C12H10N6O/c1-7-14-6-4-9(16-7)11-17-12(19-18-11)10-8(13)3-2-5-15-10/h2-6H,13H2,1H3. The van der Waals surface area contributed by atoms with Crippen LogP contribution in [0.4, 0.5) is 5.69 Å². The molecule has 0 aliphatic carbocycles. The average Bonchev–Trinajstić information content (AvgIpc) is 2.89. The van der Waals surface area contributed by atoms with Gasteiger partial charge in [-0.15, -0.1) is 0 Å². The first-order valence-electron chi connectivity index (χ1n) is 5.58. The molecule has 94 valence electrons. The highest BCUT2D eigenvalue weighted by atomic mass is 16.5. The Bertz CT molecular complexity index is 723. The molecule has 0 radical (unpaired) electrons. The first-order valence-corrected chi connectivity index (χ1v) is 5.58. The highest BCUT2D eigenvalue weighted by Gasteiger charge is 2.14. The average molecular weight is 254 g/mol. The predicted molar refractivity (Wildman–Crippen MR) is 67.7 cm³/mol. The van der Waals surface area contributed by atoms with Gasteiger partial charge in [0, 0.05) is 12.4 Å². The molecule has 0 bridgehead atoms. The molecule has 0 fully saturated rings. The summed E-state index contributed by atoms with van der Waals surface area (Å²) < 4.78 is 5.16. The van der Waals surface area contributed by atoms with Crippen LogP contribution in [-0.4, -0.2) is 25.1 Å². The van der Waals surface area contributed by atoms with Crippen molar-refractivity contribution < 1.29 is 4.52 Å². The van der Waals surface area contributed by atoms with Gasteiger partial charge in [-0.2, -0.15) is 4.98 Å². The smallest absolute Gasteiger partial charge is 0.279 e. The highest BCUT2D eigenvalue weighted by molar-refractivity contribution is 5.66. The Morgan fingerprint density at radius 1 is 1.11 bits per heavy atom. The molecule has 3 heterocycles. The van der Waals surface area contributed by atoms with Gasteiger partial charge in [0.05, 0.1) is 5.69 Å². The van der Waals surface area contributed by atoms with Gasteiger partial charge >= 0.3 is 0 Å². The van der Waals surface area contributed by atoms with E-state index in [0.717, 1.165) is 0 Å². The normalized spacial score (nSPS) is 10.6. The molecule has 19 heavy (non-hydrogen) atoms. The van der Waals surface area contributed by atoms with E-state index in [-0.39, 0.29) is 5.89 Å². The fourth-order valence-electron chi connectivity index (χ4n) is 1.60. The number of hydrogen-bond acceptors (Lipinski definition) is 7. The Morgan fingerprint density at radius 3 is 2.79 bits per heavy atom. The van der Waals surface area contributed by atoms with Crippen LogP contribution in [0.1, 0.15) is 5.82 Å². The monoisotopic (exact) mass is 254 g/mol. The maximum absolute atomic E-state index is 5.81. The fraction of sp³-hybridized carbons (Fsp3) is 0.0833. The summed E-state index contributed by atoms with van der Waals surface area (Å²) in [5.41, 5.74) is 7.35. The van der Waals surface area contributed by atoms with Crippen LogP contribution in [0.3, 0.4) is 0 Å². The van der Waals surface area contributed by atoms with E-state index in [2.05, 4.69) is 25.1 Å². The zero-order valence-electron chi connectivity index (χ0n) is 10.1. The van der Waals surface area contributed by atoms with Crippen LogP contribution in [0.5, 0.6) is 0 Å². The number of rotatable bonds is 2. The zero-order chi connectivity index (χ0) is 13.2. The van der Waals surface area contributed by atoms with Crippen molar-refractivity contribution in [3.63, 3.8) is 0 Å². The largest absolute Gasteiger partial charge is 0.397 e. The zero-order valence-corrected chi connectivity index (χ0v) is 10.1. The quantitative estimate of drug-likeness (QED) is 0.738. The van der Waals surface area contributed by atoms with Crippen LogP contribution in [0.15, 0.2) is 35.1 Å². The van der Waals surface area contributed by atoms with Crippen molar-refractivity contribution in [2.75, 3.05) is 5.73 Å². The van der Waals surface area contributed by atoms with Crippen LogP contribution >= 0.6 is 0 Å². The van der Waals surface area contributed by atoms with Crippen molar-refractivity contribution >= 4 is 5.69 Å². The van der Waals surface area contributed by atoms with Crippen molar-refractivity contribution in [2.45, 2.75) is 6.92 Å². The Hall–Kier alpha value is -2.83. The van der Waals surface area contributed by atoms with Crippen LogP contribution in [0, 0.1) is 6.92 Å². The van der Waals surface area contributed by atoms with E-state index >= 15 is 0 Å². The molecule has 2 N–H and O–H groups in total. The van der Waals surface area contributed by atoms with Gasteiger partial charge in [-0.05, 0) is 25.1 Å². The van der Waals surface area contributed by atoms with Crippen LogP contribution in [-0.2, 0) is 0 Å². The molecule has 3 rings (SSSR count). The third-order valence-electron chi connectivity index (χ3n) is 2.47. The molecule has 0 aliphatic rings. The second-order valence-corrected chi connectivity index (χ2v) is 3.85. The fourth-order valence-corrected chi connectivity index (χ4v) is 1.60. The van der Waals surface area contributed by atoms with E-state index in [1.165, 1.54) is 0 Å². The van der Waals surface area contributed by atoms with E-state index in [9.17, 15) is 0 Å². The van der Waals surface area contributed by atoms with E-state index in [1.807, 2.05) is 0 Å². The molecule has 3 aromatic rings. The second-order valence-electron chi connectivity index (χ2n) is 3.85. The lowest BCUT2D eigenvalue weighted by Gasteiger charge is -1.96. The topological polar surface area (TPSA) is 104 Å². The maximum Gasteiger partial charge on any atom is 0.279 e. The first kappa shape index (κ1) is 11.3. The van der Waals surface area contributed by atoms with Gasteiger partial charge in [0.1, 0.15) is 11.5 Å². The van der Waals surface area contributed by atoms with Crippen molar-refractivity contribution in [3.05, 3.63) is 36.4 Å². The number of nitrogens with zero attached hydrogens (tertiary/aromatic N) is 5. The highest BCUT2D eigenvalue weighted by Crippen LogP contribution is 2.23. The third-order valence-corrected chi connectivity index (χ3v) is 2.47. The molecular weight excluding hydrogens is 244 g/mol. The van der Waals surface area contributed by atoms with E-state index in [4.69, 9.17) is 10.3 Å². The molecule has 0 aromatic carbocycles. The summed E-state index contributed by atoms with van der Waals surface area (Å²) in [6, 6.07) is 5.17. The minimum Gasteiger partial charge on any atom is -0.397 e. The second kappa shape index (κ2) is 4.45. The summed E-state index contributed by atoms with van der Waals surface area (Å²) in [5, 5.41) is 3.87. The van der Waals surface area contributed by atoms with E-state index in [0.29, 0.717) is 28.7 Å². The van der Waals surface area contributed by atoms with Gasteiger partial charge in [-0.1, -0.05) is 5.16 Å². The molecule has 0 unspecified atom stereocenters. The summed E-state index contributed by atoms with van der Waals surface area (Å²) >= 11 is 0. The number of nitrogen functional groups attached to an aromatic ring is 1. The van der Waals surface area contributed by atoms with Gasteiger partial charge in [0.25, 0.3) is 5.89 Å². The number of pyridine rings is 1. The third kappa shape index (κ3) is 2.13. The molecule has 0 amide bonds. The van der Waals surface area contributed by atoms with Gasteiger partial charge in [-0.25, -0.2) is 15.0 Å². The summed E-state index contributed by atoms with van der Waals surface area (Å²) in [6.07, 6.45) is 3.26. The van der Waals surface area contributed by atoms with Gasteiger partial charge < -0.3 is 10.3 Å². The minimum atomic E-state index is 0.268. The van der Waals surface area contributed by atoms with E-state index in [1.54, 1.807) is 37.5 Å². The van der Waals surface area contributed by atoms with Crippen molar-refractivity contribution in [1.82, 2.24) is 25.1 Å². The van der Waals surface area contributed by atoms with Crippen LogP contribution in [0.2, 0.25) is 0 Å². The molecule has 7 nitrogen and oxygen atoms in total. The number of anilines is 1. The summed E-state index contributed by atoms with van der Waals surface area (Å²) in [4.78, 5) is 16.6. The predicted octanol–water partition coefficient (Wildman–Crippen LogP) is 1.48. The number of aromatic nitrogens is 5. The molecule has 7 heteroatoms.